The summed E-state index contributed by atoms with van der Waals surface area (Å²) >= 11 is 0. The first-order chi connectivity index (χ1) is 11.5. The molecule has 0 atom stereocenters. The van der Waals surface area contributed by atoms with E-state index >= 15 is 0 Å². The maximum atomic E-state index is 12.0. The van der Waals surface area contributed by atoms with E-state index in [9.17, 15) is 13.2 Å². The lowest BCUT2D eigenvalue weighted by molar-refractivity contribution is -0.113. The third-order valence-electron chi connectivity index (χ3n) is 3.52. The fourth-order valence-electron chi connectivity index (χ4n) is 2.37. The molecule has 0 aliphatic rings. The van der Waals surface area contributed by atoms with E-state index in [2.05, 4.69) is 10.4 Å². The van der Waals surface area contributed by atoms with Gasteiger partial charge in [0.15, 0.2) is 9.84 Å². The summed E-state index contributed by atoms with van der Waals surface area (Å²) in [5.74, 6) is -0.906. The van der Waals surface area contributed by atoms with Gasteiger partial charge in [-0.25, -0.2) is 8.42 Å². The molecule has 1 N–H and O–H groups in total. The quantitative estimate of drug-likeness (QED) is 0.705. The number of hydrogen-bond acceptors (Lipinski definition) is 4. The van der Waals surface area contributed by atoms with Crippen molar-refractivity contribution in [2.24, 2.45) is 0 Å². The molecule has 0 radical (unpaired) electrons. The molecule has 7 heteroatoms. The molecule has 24 heavy (non-hydrogen) atoms. The van der Waals surface area contributed by atoms with Crippen molar-refractivity contribution in [3.63, 3.8) is 0 Å². The number of carbonyl (C=O) groups is 1. The van der Waals surface area contributed by atoms with Gasteiger partial charge >= 0.3 is 0 Å². The van der Waals surface area contributed by atoms with E-state index < -0.39 is 21.5 Å². The third-order valence-corrected chi connectivity index (χ3v) is 5.14. The summed E-state index contributed by atoms with van der Waals surface area (Å²) in [5, 5.41) is 6.80. The summed E-state index contributed by atoms with van der Waals surface area (Å²) < 4.78 is 25.6. The molecule has 0 saturated carbocycles. The molecular weight excluding hydrogens is 326 g/mol. The molecule has 130 valence electrons. The minimum absolute atomic E-state index is 0.0631. The Labute approximate surface area is 142 Å². The lowest BCUT2D eigenvalue weighted by Crippen LogP contribution is -2.24. The summed E-state index contributed by atoms with van der Waals surface area (Å²) in [7, 11) is -3.35. The first-order valence-electron chi connectivity index (χ1n) is 8.05. The number of nitrogens with one attached hydrogen (secondary N) is 1. The fraction of sp³-hybridized carbons (Fsp3) is 0.412. The Morgan fingerprint density at radius 3 is 2.79 bits per heavy atom. The second kappa shape index (κ2) is 8.63. The van der Waals surface area contributed by atoms with Crippen LogP contribution in [0.2, 0.25) is 0 Å². The third kappa shape index (κ3) is 6.16. The Bertz CT molecular complexity index is 755. The summed E-state index contributed by atoms with van der Waals surface area (Å²) in [6, 6.07) is 9.16. The predicted octanol–water partition coefficient (Wildman–Crippen LogP) is 2.47. The van der Waals surface area contributed by atoms with Crippen LogP contribution in [0.15, 0.2) is 42.7 Å². The van der Waals surface area contributed by atoms with Gasteiger partial charge in [0.2, 0.25) is 5.91 Å². The number of amides is 1. The molecule has 2 aromatic rings. The largest absolute Gasteiger partial charge is 0.325 e. The molecule has 0 aliphatic heterocycles. The van der Waals surface area contributed by atoms with Crippen molar-refractivity contribution in [3.8, 4) is 0 Å². The topological polar surface area (TPSA) is 81.1 Å². The minimum atomic E-state index is -3.35. The Morgan fingerprint density at radius 2 is 2.08 bits per heavy atom. The van der Waals surface area contributed by atoms with Crippen molar-refractivity contribution in [3.05, 3.63) is 48.3 Å². The van der Waals surface area contributed by atoms with Crippen molar-refractivity contribution < 1.29 is 13.2 Å². The first kappa shape index (κ1) is 18.2. The number of benzene rings is 1. The normalized spacial score (nSPS) is 11.4. The number of sulfone groups is 1. The van der Waals surface area contributed by atoms with Crippen LogP contribution in [-0.4, -0.2) is 35.6 Å². The lowest BCUT2D eigenvalue weighted by Gasteiger charge is -2.08. The Balaban J connectivity index is 1.91. The molecule has 1 amide bonds. The highest BCUT2D eigenvalue weighted by atomic mass is 32.2. The van der Waals surface area contributed by atoms with Crippen LogP contribution in [0, 0.1) is 0 Å². The number of unbranched alkanes of at least 4 members (excludes halogenated alkanes) is 2. The van der Waals surface area contributed by atoms with Gasteiger partial charge in [-0.1, -0.05) is 31.9 Å². The smallest absolute Gasteiger partial charge is 0.239 e. The second-order valence-corrected chi connectivity index (χ2v) is 7.94. The van der Waals surface area contributed by atoms with Gasteiger partial charge < -0.3 is 5.32 Å². The molecular formula is C17H23N3O3S. The van der Waals surface area contributed by atoms with Gasteiger partial charge in [-0.15, -0.1) is 0 Å². The summed E-state index contributed by atoms with van der Waals surface area (Å²) in [6.07, 6.45) is 5.97. The first-order valence-corrected chi connectivity index (χ1v) is 9.87. The number of nitrogens with zero attached hydrogens (tertiary/aromatic N) is 2. The fourth-order valence-corrected chi connectivity index (χ4v) is 3.63. The van der Waals surface area contributed by atoms with Gasteiger partial charge in [-0.3, -0.25) is 9.48 Å². The zero-order valence-electron chi connectivity index (χ0n) is 13.8. The van der Waals surface area contributed by atoms with E-state index in [0.717, 1.165) is 18.4 Å². The monoisotopic (exact) mass is 349 g/mol. The van der Waals surface area contributed by atoms with Crippen LogP contribution in [0.25, 0.3) is 0 Å². The standard InChI is InChI=1S/C17H23N3O3S/c1-2-3-4-11-24(22,23)14-17(21)19-16-8-5-7-15(12-16)13-20-10-6-9-18-20/h5-10,12H,2-4,11,13-14H2,1H3,(H,19,21). The van der Waals surface area contributed by atoms with Crippen molar-refractivity contribution in [2.75, 3.05) is 16.8 Å². The molecule has 0 aliphatic carbocycles. The average molecular weight is 349 g/mol. The highest BCUT2D eigenvalue weighted by Crippen LogP contribution is 2.12. The van der Waals surface area contributed by atoms with Gasteiger partial charge in [0.1, 0.15) is 5.75 Å². The average Bonchev–Trinajstić information content (AvgIpc) is 3.00. The van der Waals surface area contributed by atoms with Gasteiger partial charge in [0.05, 0.1) is 12.3 Å². The van der Waals surface area contributed by atoms with E-state index in [4.69, 9.17) is 0 Å². The zero-order valence-corrected chi connectivity index (χ0v) is 14.6. The van der Waals surface area contributed by atoms with Crippen molar-refractivity contribution in [1.82, 2.24) is 9.78 Å². The van der Waals surface area contributed by atoms with Crippen LogP contribution in [0.3, 0.4) is 0 Å². The number of carbonyl (C=O) groups excluding carboxylic acids is 1. The van der Waals surface area contributed by atoms with Crippen LogP contribution in [0.5, 0.6) is 0 Å². The molecule has 0 spiro atoms. The number of anilines is 1. The number of aromatic nitrogens is 2. The van der Waals surface area contributed by atoms with Crippen LogP contribution in [0.1, 0.15) is 31.7 Å². The Hall–Kier alpha value is -2.15. The number of hydrogen-bond donors (Lipinski definition) is 1. The highest BCUT2D eigenvalue weighted by molar-refractivity contribution is 7.92. The Morgan fingerprint density at radius 1 is 1.25 bits per heavy atom. The van der Waals surface area contributed by atoms with Gasteiger partial charge in [-0.05, 0) is 30.2 Å². The van der Waals surface area contributed by atoms with Crippen LogP contribution < -0.4 is 5.32 Å². The SMILES string of the molecule is CCCCCS(=O)(=O)CC(=O)Nc1cccc(Cn2cccn2)c1. The molecule has 0 fully saturated rings. The van der Waals surface area contributed by atoms with E-state index in [1.165, 1.54) is 0 Å². The molecule has 2 rings (SSSR count). The predicted molar refractivity (Wildman–Crippen MR) is 94.6 cm³/mol. The molecule has 1 aromatic carbocycles. The highest BCUT2D eigenvalue weighted by Gasteiger charge is 2.16. The van der Waals surface area contributed by atoms with E-state index in [1.54, 1.807) is 16.9 Å². The Kier molecular flexibility index (Phi) is 6.54. The van der Waals surface area contributed by atoms with Gasteiger partial charge in [-0.2, -0.15) is 5.10 Å². The van der Waals surface area contributed by atoms with Crippen LogP contribution in [0.4, 0.5) is 5.69 Å². The lowest BCUT2D eigenvalue weighted by atomic mass is 10.2. The summed E-state index contributed by atoms with van der Waals surface area (Å²) in [5.41, 5.74) is 1.57. The van der Waals surface area contributed by atoms with Gasteiger partial charge in [0.25, 0.3) is 0 Å². The van der Waals surface area contributed by atoms with E-state index in [0.29, 0.717) is 18.7 Å². The van der Waals surface area contributed by atoms with Crippen molar-refractivity contribution in [1.29, 1.82) is 0 Å². The second-order valence-electron chi connectivity index (χ2n) is 5.75. The van der Waals surface area contributed by atoms with E-state index in [-0.39, 0.29) is 5.75 Å². The maximum absolute atomic E-state index is 12.0. The minimum Gasteiger partial charge on any atom is -0.325 e. The molecule has 0 saturated heterocycles. The van der Waals surface area contributed by atoms with Crippen molar-refractivity contribution >= 4 is 21.4 Å². The zero-order chi connectivity index (χ0) is 17.4. The van der Waals surface area contributed by atoms with Gasteiger partial charge in [0, 0.05) is 18.1 Å². The molecule has 0 bridgehead atoms. The molecule has 6 nitrogen and oxygen atoms in total. The maximum Gasteiger partial charge on any atom is 0.239 e. The van der Waals surface area contributed by atoms with Crippen LogP contribution >= 0.6 is 0 Å². The molecule has 0 unspecified atom stereocenters. The molecule has 1 aromatic heterocycles. The van der Waals surface area contributed by atoms with E-state index in [1.807, 2.05) is 37.4 Å². The summed E-state index contributed by atoms with van der Waals surface area (Å²) in [4.78, 5) is 12.0. The molecule has 1 heterocycles. The van der Waals surface area contributed by atoms with Crippen molar-refractivity contribution in [2.45, 2.75) is 32.7 Å². The summed E-state index contributed by atoms with van der Waals surface area (Å²) in [6.45, 7) is 2.60. The number of rotatable bonds is 9. The van der Waals surface area contributed by atoms with Crippen LogP contribution in [-0.2, 0) is 21.2 Å².